The van der Waals surface area contributed by atoms with E-state index in [2.05, 4.69) is 21.6 Å². The van der Waals surface area contributed by atoms with Crippen LogP contribution in [0, 0.1) is 6.92 Å². The molecule has 5 heteroatoms. The molecule has 5 nitrogen and oxygen atoms in total. The number of carbonyl (C=O) groups is 1. The molecule has 2 aromatic rings. The summed E-state index contributed by atoms with van der Waals surface area (Å²) in [6.45, 7) is 2.45. The van der Waals surface area contributed by atoms with Crippen molar-refractivity contribution in [1.29, 1.82) is 0 Å². The van der Waals surface area contributed by atoms with Crippen LogP contribution in [-0.2, 0) is 4.79 Å². The summed E-state index contributed by atoms with van der Waals surface area (Å²) in [6, 6.07) is 9.85. The summed E-state index contributed by atoms with van der Waals surface area (Å²) in [5.41, 5.74) is 2.48. The van der Waals surface area contributed by atoms with Crippen molar-refractivity contribution < 1.29 is 9.21 Å². The van der Waals surface area contributed by atoms with Crippen LogP contribution in [0.4, 0.5) is 0 Å². The molecule has 1 aliphatic carbocycles. The number of benzene rings is 1. The van der Waals surface area contributed by atoms with Gasteiger partial charge in [-0.15, -0.1) is 10.2 Å². The first-order valence-corrected chi connectivity index (χ1v) is 9.02. The van der Waals surface area contributed by atoms with E-state index < -0.39 is 0 Å². The van der Waals surface area contributed by atoms with Gasteiger partial charge < -0.3 is 9.73 Å². The number of allylic oxidation sites excluding steroid dienone is 1. The fraction of sp³-hybridized carbons (Fsp3) is 0.450. The minimum absolute atomic E-state index is 0.0149. The van der Waals surface area contributed by atoms with Crippen molar-refractivity contribution in [2.24, 2.45) is 0 Å². The van der Waals surface area contributed by atoms with Gasteiger partial charge in [-0.3, -0.25) is 4.79 Å². The Labute approximate surface area is 148 Å². The van der Waals surface area contributed by atoms with E-state index in [0.717, 1.165) is 12.0 Å². The number of hydrogen-bond acceptors (Lipinski definition) is 4. The molecule has 1 aromatic carbocycles. The van der Waals surface area contributed by atoms with Gasteiger partial charge in [0.15, 0.2) is 0 Å². The Morgan fingerprint density at radius 2 is 2.08 bits per heavy atom. The quantitative estimate of drug-likeness (QED) is 0.777. The van der Waals surface area contributed by atoms with Crippen molar-refractivity contribution in [2.75, 3.05) is 6.54 Å². The van der Waals surface area contributed by atoms with Crippen LogP contribution < -0.4 is 5.32 Å². The average Bonchev–Trinajstić information content (AvgIpc) is 3.07. The number of carbonyl (C=O) groups excluding carboxylic acids is 1. The summed E-state index contributed by atoms with van der Waals surface area (Å²) >= 11 is 0. The van der Waals surface area contributed by atoms with Crippen LogP contribution in [0.25, 0.3) is 0 Å². The fourth-order valence-electron chi connectivity index (χ4n) is 3.24. The minimum Gasteiger partial charge on any atom is -0.425 e. The molecule has 0 radical (unpaired) electrons. The zero-order chi connectivity index (χ0) is 17.5. The van der Waals surface area contributed by atoms with Crippen LogP contribution in [0.1, 0.15) is 61.8 Å². The molecule has 0 aliphatic heterocycles. The van der Waals surface area contributed by atoms with Gasteiger partial charge in [0.1, 0.15) is 0 Å². The Hall–Kier alpha value is -2.43. The molecule has 132 valence electrons. The van der Waals surface area contributed by atoms with E-state index >= 15 is 0 Å². The van der Waals surface area contributed by atoms with Gasteiger partial charge in [0.2, 0.25) is 17.7 Å². The van der Waals surface area contributed by atoms with Gasteiger partial charge in [0.05, 0.1) is 5.92 Å². The highest BCUT2D eigenvalue weighted by Crippen LogP contribution is 2.27. The number of nitrogens with zero attached hydrogens (tertiary/aromatic N) is 2. The Kier molecular flexibility index (Phi) is 5.99. The molecule has 1 heterocycles. The molecule has 0 spiro atoms. The van der Waals surface area contributed by atoms with E-state index in [-0.39, 0.29) is 11.8 Å². The second kappa shape index (κ2) is 8.60. The highest BCUT2D eigenvalue weighted by Gasteiger charge is 2.23. The van der Waals surface area contributed by atoms with Gasteiger partial charge in [-0.25, -0.2) is 0 Å². The van der Waals surface area contributed by atoms with E-state index in [9.17, 15) is 4.79 Å². The van der Waals surface area contributed by atoms with Crippen LogP contribution in [0.15, 0.2) is 46.4 Å². The van der Waals surface area contributed by atoms with Gasteiger partial charge >= 0.3 is 0 Å². The van der Waals surface area contributed by atoms with Crippen molar-refractivity contribution in [3.63, 3.8) is 0 Å². The number of nitrogens with one attached hydrogen (secondary N) is 1. The molecule has 0 saturated carbocycles. The number of aryl methyl sites for hydroxylation is 1. The first kappa shape index (κ1) is 17.4. The van der Waals surface area contributed by atoms with Gasteiger partial charge in [0, 0.05) is 19.9 Å². The second-order valence-corrected chi connectivity index (χ2v) is 6.53. The average molecular weight is 339 g/mol. The fourth-order valence-corrected chi connectivity index (χ4v) is 3.24. The SMILES string of the molecule is Cc1nnc(C(CC(=O)NCCC2=CCCCC2)c2ccccc2)o1. The molecule has 1 N–H and O–H groups in total. The van der Waals surface area contributed by atoms with Gasteiger partial charge in [-0.2, -0.15) is 0 Å². The zero-order valence-electron chi connectivity index (χ0n) is 14.7. The third-order valence-electron chi connectivity index (χ3n) is 4.58. The normalized spacial score (nSPS) is 15.5. The number of hydrogen-bond donors (Lipinski definition) is 1. The van der Waals surface area contributed by atoms with Crippen LogP contribution in [-0.4, -0.2) is 22.6 Å². The molecule has 1 aromatic heterocycles. The highest BCUT2D eigenvalue weighted by molar-refractivity contribution is 5.77. The summed E-state index contributed by atoms with van der Waals surface area (Å²) < 4.78 is 5.59. The molecule has 1 aliphatic rings. The van der Waals surface area contributed by atoms with Crippen molar-refractivity contribution >= 4 is 5.91 Å². The lowest BCUT2D eigenvalue weighted by Crippen LogP contribution is -2.26. The molecule has 1 unspecified atom stereocenters. The highest BCUT2D eigenvalue weighted by atomic mass is 16.4. The molecule has 0 fully saturated rings. The maximum Gasteiger partial charge on any atom is 0.224 e. The molecular weight excluding hydrogens is 314 g/mol. The maximum absolute atomic E-state index is 12.4. The van der Waals surface area contributed by atoms with Crippen LogP contribution in [0.5, 0.6) is 0 Å². The van der Waals surface area contributed by atoms with Crippen molar-refractivity contribution in [2.45, 2.75) is 51.4 Å². The van der Waals surface area contributed by atoms with Gasteiger partial charge in [0.25, 0.3) is 0 Å². The number of amides is 1. The summed E-state index contributed by atoms with van der Waals surface area (Å²) in [7, 11) is 0. The van der Waals surface area contributed by atoms with E-state index in [1.54, 1.807) is 6.92 Å². The molecule has 1 amide bonds. The van der Waals surface area contributed by atoms with Gasteiger partial charge in [-0.1, -0.05) is 42.0 Å². The number of rotatable bonds is 7. The predicted octanol–water partition coefficient (Wildman–Crippen LogP) is 3.91. The molecule has 1 atom stereocenters. The molecule has 25 heavy (non-hydrogen) atoms. The molecule has 0 saturated heterocycles. The second-order valence-electron chi connectivity index (χ2n) is 6.53. The van der Waals surface area contributed by atoms with Crippen LogP contribution in [0.3, 0.4) is 0 Å². The zero-order valence-corrected chi connectivity index (χ0v) is 14.7. The van der Waals surface area contributed by atoms with Crippen molar-refractivity contribution in [1.82, 2.24) is 15.5 Å². The standard InChI is InChI=1S/C20H25N3O2/c1-15-22-23-20(25-15)18(17-10-6-3-7-11-17)14-19(24)21-13-12-16-8-4-2-5-9-16/h3,6-8,10-11,18H,2,4-5,9,12-14H2,1H3,(H,21,24). The van der Waals surface area contributed by atoms with Crippen molar-refractivity contribution in [3.8, 4) is 0 Å². The largest absolute Gasteiger partial charge is 0.425 e. The molecule has 3 rings (SSSR count). The topological polar surface area (TPSA) is 68.0 Å². The Bertz CT molecular complexity index is 722. The van der Waals surface area contributed by atoms with Crippen LogP contribution in [0.2, 0.25) is 0 Å². The minimum atomic E-state index is -0.212. The number of aromatic nitrogens is 2. The summed E-state index contributed by atoms with van der Waals surface area (Å²) in [4.78, 5) is 12.4. The first-order chi connectivity index (χ1) is 12.2. The van der Waals surface area contributed by atoms with E-state index in [1.165, 1.54) is 31.3 Å². The third-order valence-corrected chi connectivity index (χ3v) is 4.58. The third kappa shape index (κ3) is 5.02. The van der Waals surface area contributed by atoms with Crippen LogP contribution >= 0.6 is 0 Å². The first-order valence-electron chi connectivity index (χ1n) is 9.02. The summed E-state index contributed by atoms with van der Waals surface area (Å²) in [5.74, 6) is 0.812. The van der Waals surface area contributed by atoms with E-state index in [1.807, 2.05) is 30.3 Å². The Morgan fingerprint density at radius 1 is 1.24 bits per heavy atom. The van der Waals surface area contributed by atoms with E-state index in [0.29, 0.717) is 24.7 Å². The maximum atomic E-state index is 12.4. The Balaban J connectivity index is 1.60. The molecular formula is C20H25N3O2. The predicted molar refractivity (Wildman–Crippen MR) is 96.1 cm³/mol. The van der Waals surface area contributed by atoms with Gasteiger partial charge in [-0.05, 0) is 37.7 Å². The lowest BCUT2D eigenvalue weighted by Gasteiger charge is -2.15. The van der Waals surface area contributed by atoms with Crippen molar-refractivity contribution in [3.05, 3.63) is 59.3 Å². The lowest BCUT2D eigenvalue weighted by atomic mass is 9.95. The molecule has 0 bridgehead atoms. The summed E-state index contributed by atoms with van der Waals surface area (Å²) in [5, 5.41) is 11.1. The lowest BCUT2D eigenvalue weighted by molar-refractivity contribution is -0.121. The Morgan fingerprint density at radius 3 is 2.76 bits per heavy atom. The monoisotopic (exact) mass is 339 g/mol. The van der Waals surface area contributed by atoms with E-state index in [4.69, 9.17) is 4.42 Å². The smallest absolute Gasteiger partial charge is 0.224 e. The summed E-state index contributed by atoms with van der Waals surface area (Å²) in [6.07, 6.45) is 8.49.